The second kappa shape index (κ2) is 7.22. The minimum absolute atomic E-state index is 0.187. The number of nitrogens with one attached hydrogen (secondary N) is 2. The summed E-state index contributed by atoms with van der Waals surface area (Å²) in [6.07, 6.45) is -4.21. The van der Waals surface area contributed by atoms with Crippen LogP contribution in [0.1, 0.15) is 22.1 Å². The third-order valence-electron chi connectivity index (χ3n) is 5.17. The zero-order chi connectivity index (χ0) is 21.6. The molecular weight excluding hydrogens is 413 g/mol. The lowest BCUT2D eigenvalue weighted by molar-refractivity contribution is -0.144. The van der Waals surface area contributed by atoms with Crippen LogP contribution in [0.3, 0.4) is 0 Å². The Morgan fingerprint density at radius 1 is 1.10 bits per heavy atom. The molecule has 1 aromatic heterocycles. The SMILES string of the molecule is O=C1c2ccccc2N[C@@H](c2cn[nH]c2-c2ccc3c(c2)OCCO3)N1CC(F)(F)F. The summed E-state index contributed by atoms with van der Waals surface area (Å²) in [5.41, 5.74) is 2.19. The van der Waals surface area contributed by atoms with Crippen molar-refractivity contribution in [3.8, 4) is 22.8 Å². The maximum Gasteiger partial charge on any atom is 0.406 e. The number of aromatic nitrogens is 2. The number of halogens is 3. The van der Waals surface area contributed by atoms with Gasteiger partial charge in [0.2, 0.25) is 0 Å². The Kier molecular flexibility index (Phi) is 4.49. The fourth-order valence-corrected chi connectivity index (χ4v) is 3.83. The zero-order valence-electron chi connectivity index (χ0n) is 16.1. The number of anilines is 1. The lowest BCUT2D eigenvalue weighted by Gasteiger charge is -2.38. The van der Waals surface area contributed by atoms with Gasteiger partial charge < -0.3 is 19.7 Å². The van der Waals surface area contributed by atoms with Crippen LogP contribution < -0.4 is 14.8 Å². The normalized spacial score (nSPS) is 17.8. The maximum absolute atomic E-state index is 13.3. The Balaban J connectivity index is 1.58. The average Bonchev–Trinajstić information content (AvgIpc) is 3.24. The summed E-state index contributed by atoms with van der Waals surface area (Å²) in [6, 6.07) is 11.7. The van der Waals surface area contributed by atoms with E-state index in [9.17, 15) is 18.0 Å². The number of alkyl halides is 3. The van der Waals surface area contributed by atoms with E-state index in [-0.39, 0.29) is 5.56 Å². The second-order valence-electron chi connectivity index (χ2n) is 7.20. The summed E-state index contributed by atoms with van der Waals surface area (Å²) in [6.45, 7) is -0.549. The molecule has 2 aliphatic rings. The molecule has 160 valence electrons. The molecule has 0 saturated carbocycles. The molecule has 1 atom stereocenters. The number of carbonyl (C=O) groups is 1. The van der Waals surface area contributed by atoms with E-state index >= 15 is 0 Å². The van der Waals surface area contributed by atoms with Crippen molar-refractivity contribution in [1.29, 1.82) is 0 Å². The number of rotatable bonds is 3. The highest BCUT2D eigenvalue weighted by molar-refractivity contribution is 6.02. The smallest absolute Gasteiger partial charge is 0.406 e. The molecule has 0 bridgehead atoms. The lowest BCUT2D eigenvalue weighted by Crippen LogP contribution is -2.47. The Hall–Kier alpha value is -3.69. The first-order chi connectivity index (χ1) is 14.9. The Morgan fingerprint density at radius 2 is 1.87 bits per heavy atom. The summed E-state index contributed by atoms with van der Waals surface area (Å²) in [4.78, 5) is 13.7. The molecule has 3 heterocycles. The van der Waals surface area contributed by atoms with Crippen molar-refractivity contribution in [2.45, 2.75) is 12.3 Å². The number of fused-ring (bicyclic) bond motifs is 2. The molecule has 0 unspecified atom stereocenters. The average molecular weight is 430 g/mol. The molecule has 0 saturated heterocycles. The molecule has 31 heavy (non-hydrogen) atoms. The van der Waals surface area contributed by atoms with Gasteiger partial charge in [0.05, 0.1) is 17.5 Å². The number of benzene rings is 2. The van der Waals surface area contributed by atoms with E-state index in [4.69, 9.17) is 9.47 Å². The highest BCUT2D eigenvalue weighted by atomic mass is 19.4. The number of hydrogen-bond acceptors (Lipinski definition) is 5. The number of ether oxygens (including phenoxy) is 2. The van der Waals surface area contributed by atoms with Gasteiger partial charge in [0.1, 0.15) is 25.9 Å². The van der Waals surface area contributed by atoms with Gasteiger partial charge >= 0.3 is 6.18 Å². The number of nitrogens with zero attached hydrogens (tertiary/aromatic N) is 2. The van der Waals surface area contributed by atoms with Gasteiger partial charge in [-0.1, -0.05) is 12.1 Å². The molecule has 5 rings (SSSR count). The van der Waals surface area contributed by atoms with Crippen molar-refractivity contribution >= 4 is 11.6 Å². The largest absolute Gasteiger partial charge is 0.486 e. The van der Waals surface area contributed by atoms with E-state index in [1.165, 1.54) is 12.3 Å². The number of H-pyrrole nitrogens is 1. The third-order valence-corrected chi connectivity index (χ3v) is 5.17. The first-order valence-electron chi connectivity index (χ1n) is 9.57. The monoisotopic (exact) mass is 430 g/mol. The molecule has 0 fully saturated rings. The molecule has 0 aliphatic carbocycles. The molecule has 2 aliphatic heterocycles. The predicted molar refractivity (Wildman–Crippen MR) is 105 cm³/mol. The van der Waals surface area contributed by atoms with Crippen molar-refractivity contribution in [3.05, 3.63) is 59.8 Å². The van der Waals surface area contributed by atoms with Crippen LogP contribution >= 0.6 is 0 Å². The van der Waals surface area contributed by atoms with Crippen LogP contribution in [0.4, 0.5) is 18.9 Å². The zero-order valence-corrected chi connectivity index (χ0v) is 16.1. The van der Waals surface area contributed by atoms with Crippen LogP contribution in [0, 0.1) is 0 Å². The van der Waals surface area contributed by atoms with Crippen LogP contribution in [0.2, 0.25) is 0 Å². The molecule has 3 aromatic rings. The number of para-hydroxylation sites is 1. The second-order valence-corrected chi connectivity index (χ2v) is 7.20. The van der Waals surface area contributed by atoms with Crippen molar-refractivity contribution in [2.75, 3.05) is 25.1 Å². The Morgan fingerprint density at radius 3 is 2.68 bits per heavy atom. The van der Waals surface area contributed by atoms with Gasteiger partial charge in [0.15, 0.2) is 11.5 Å². The van der Waals surface area contributed by atoms with Gasteiger partial charge in [-0.05, 0) is 30.3 Å². The minimum Gasteiger partial charge on any atom is -0.486 e. The Labute approximate surface area is 174 Å². The Bertz CT molecular complexity index is 1140. The molecule has 1 amide bonds. The standard InChI is InChI=1S/C21H17F3N4O3/c22-21(23,24)11-28-19(26-15-4-2-1-3-13(15)20(28)29)14-10-25-27-18(14)12-5-6-16-17(9-12)31-8-7-30-16/h1-6,9-10,19,26H,7-8,11H2,(H,25,27)/t19-/m1/s1. The van der Waals surface area contributed by atoms with Gasteiger partial charge in [0, 0.05) is 16.8 Å². The van der Waals surface area contributed by atoms with Crippen molar-refractivity contribution < 1.29 is 27.4 Å². The fourth-order valence-electron chi connectivity index (χ4n) is 3.83. The van der Waals surface area contributed by atoms with E-state index in [1.54, 1.807) is 36.4 Å². The first kappa shape index (κ1) is 19.3. The van der Waals surface area contributed by atoms with E-state index < -0.39 is 24.8 Å². The molecule has 0 radical (unpaired) electrons. The van der Waals surface area contributed by atoms with Gasteiger partial charge in [0.25, 0.3) is 5.91 Å². The minimum atomic E-state index is -4.57. The van der Waals surface area contributed by atoms with Gasteiger partial charge in [-0.15, -0.1) is 0 Å². The van der Waals surface area contributed by atoms with Crippen molar-refractivity contribution in [3.63, 3.8) is 0 Å². The molecule has 7 nitrogen and oxygen atoms in total. The summed E-state index contributed by atoms with van der Waals surface area (Å²) in [5, 5.41) is 9.95. The molecule has 2 N–H and O–H groups in total. The van der Waals surface area contributed by atoms with E-state index in [1.807, 2.05) is 0 Å². The van der Waals surface area contributed by atoms with E-state index in [2.05, 4.69) is 15.5 Å². The van der Waals surface area contributed by atoms with Crippen LogP contribution in [0.25, 0.3) is 11.3 Å². The predicted octanol–water partition coefficient (Wildman–Crippen LogP) is 3.98. The van der Waals surface area contributed by atoms with Crippen LogP contribution in [-0.4, -0.2) is 46.9 Å². The van der Waals surface area contributed by atoms with E-state index in [0.29, 0.717) is 47.2 Å². The van der Waals surface area contributed by atoms with Gasteiger partial charge in [-0.2, -0.15) is 18.3 Å². The van der Waals surface area contributed by atoms with Gasteiger partial charge in [-0.25, -0.2) is 0 Å². The van der Waals surface area contributed by atoms with Crippen LogP contribution in [0.5, 0.6) is 11.5 Å². The number of aromatic amines is 1. The van der Waals surface area contributed by atoms with E-state index in [0.717, 1.165) is 4.90 Å². The fraction of sp³-hybridized carbons (Fsp3) is 0.238. The maximum atomic E-state index is 13.3. The highest BCUT2D eigenvalue weighted by Gasteiger charge is 2.41. The lowest BCUT2D eigenvalue weighted by atomic mass is 10.0. The summed E-state index contributed by atoms with van der Waals surface area (Å²) in [7, 11) is 0. The molecular formula is C21H17F3N4O3. The van der Waals surface area contributed by atoms with Crippen LogP contribution in [0.15, 0.2) is 48.7 Å². The number of carbonyl (C=O) groups excluding carboxylic acids is 1. The van der Waals surface area contributed by atoms with Gasteiger partial charge in [-0.3, -0.25) is 9.89 Å². The highest BCUT2D eigenvalue weighted by Crippen LogP contribution is 2.40. The molecule has 2 aromatic carbocycles. The number of hydrogen-bond donors (Lipinski definition) is 2. The van der Waals surface area contributed by atoms with Crippen LogP contribution in [-0.2, 0) is 0 Å². The van der Waals surface area contributed by atoms with Crippen molar-refractivity contribution in [1.82, 2.24) is 15.1 Å². The third kappa shape index (κ3) is 3.54. The van der Waals surface area contributed by atoms with Crippen molar-refractivity contribution in [2.24, 2.45) is 0 Å². The summed E-state index contributed by atoms with van der Waals surface area (Å²) < 4.78 is 51.2. The first-order valence-corrected chi connectivity index (χ1v) is 9.57. The molecule has 0 spiro atoms. The molecule has 10 heteroatoms. The number of amides is 1. The quantitative estimate of drug-likeness (QED) is 0.657. The topological polar surface area (TPSA) is 79.5 Å². The summed E-state index contributed by atoms with van der Waals surface area (Å²) >= 11 is 0. The summed E-state index contributed by atoms with van der Waals surface area (Å²) in [5.74, 6) is 0.426.